The summed E-state index contributed by atoms with van der Waals surface area (Å²) in [7, 11) is 0. The molecule has 4 rings (SSSR count). The van der Waals surface area contributed by atoms with Crippen LogP contribution < -0.4 is 33.2 Å². The molecule has 0 aliphatic carbocycles. The number of esters is 1. The van der Waals surface area contributed by atoms with Crippen LogP contribution in [0.15, 0.2) is 48.0 Å². The topological polar surface area (TPSA) is 278 Å². The summed E-state index contributed by atoms with van der Waals surface area (Å²) in [5, 5.41) is 8.38. The minimum atomic E-state index is -1.28. The molecular formula is C29H38N10O7. The molecule has 1 aromatic carbocycles. The number of benzene rings is 1. The fraction of sp³-hybridized carbons (Fsp3) is 0.414. The number of nitrogens with zero attached hydrogens (tertiary/aromatic N) is 2. The maximum absolute atomic E-state index is 13.6. The van der Waals surface area contributed by atoms with Gasteiger partial charge in [0.25, 0.3) is 5.91 Å². The number of fused-ring (bicyclic) bond motifs is 1. The standard InChI is InChI=1S/C29H38N10O7/c1-2-45-28(44)23-22(46-23)27(43)39-26(42)21(11-16-13-33-14-36-16)38-25(41)20(8-5-9-34-29(31)32)37-24(40)18(30)10-15-12-35-19-7-4-3-6-17(15)19/h3-4,6-7,12-14,18,20-23,35H,2,5,8-11,30H2,1H3,(H,33,36)(H,37,40)(H,38,41)(H4,31,32,34)(H,39,42,43)/t18-,20-,21-,22+,23+/m0/s1. The smallest absolute Gasteiger partial charge is 0.338 e. The first-order chi connectivity index (χ1) is 22.1. The predicted octanol–water partition coefficient (Wildman–Crippen LogP) is -2.00. The van der Waals surface area contributed by atoms with Gasteiger partial charge in [-0.1, -0.05) is 18.2 Å². The lowest BCUT2D eigenvalue weighted by Gasteiger charge is -2.24. The number of nitrogens with two attached hydrogens (primary N) is 3. The molecule has 46 heavy (non-hydrogen) atoms. The number of carbonyl (C=O) groups is 5. The van der Waals surface area contributed by atoms with Gasteiger partial charge in [0.1, 0.15) is 12.1 Å². The number of imidazole rings is 1. The molecule has 3 aromatic rings. The molecular weight excluding hydrogens is 600 g/mol. The number of hydrogen-bond donors (Lipinski definition) is 8. The van der Waals surface area contributed by atoms with E-state index in [-0.39, 0.29) is 38.4 Å². The average molecular weight is 639 g/mol. The number of aliphatic imine (C=N–C) groups is 1. The maximum atomic E-state index is 13.6. The highest BCUT2D eigenvalue weighted by molar-refractivity contribution is 6.04. The number of carbonyl (C=O) groups excluding carboxylic acids is 5. The molecule has 3 heterocycles. The molecule has 0 radical (unpaired) electrons. The van der Waals surface area contributed by atoms with Crippen LogP contribution in [0.1, 0.15) is 31.0 Å². The highest BCUT2D eigenvalue weighted by Gasteiger charge is 2.52. The molecule has 17 heteroatoms. The van der Waals surface area contributed by atoms with E-state index in [1.165, 1.54) is 12.5 Å². The third-order valence-electron chi connectivity index (χ3n) is 7.16. The summed E-state index contributed by atoms with van der Waals surface area (Å²) in [6, 6.07) is 4.16. The van der Waals surface area contributed by atoms with Crippen molar-refractivity contribution < 1.29 is 33.4 Å². The van der Waals surface area contributed by atoms with Crippen molar-refractivity contribution in [2.75, 3.05) is 13.2 Å². The summed E-state index contributed by atoms with van der Waals surface area (Å²) < 4.78 is 9.90. The molecule has 0 bridgehead atoms. The number of amides is 4. The van der Waals surface area contributed by atoms with Crippen molar-refractivity contribution in [1.82, 2.24) is 30.9 Å². The molecule has 1 saturated heterocycles. The van der Waals surface area contributed by atoms with Crippen molar-refractivity contribution in [2.45, 2.75) is 62.9 Å². The van der Waals surface area contributed by atoms with E-state index in [2.05, 4.69) is 35.9 Å². The Kier molecular flexibility index (Phi) is 11.4. The first-order valence-corrected chi connectivity index (χ1v) is 14.7. The van der Waals surface area contributed by atoms with Gasteiger partial charge in [-0.05, 0) is 37.8 Å². The van der Waals surface area contributed by atoms with Crippen molar-refractivity contribution >= 4 is 46.5 Å². The number of epoxide rings is 1. The third-order valence-corrected chi connectivity index (χ3v) is 7.16. The first-order valence-electron chi connectivity index (χ1n) is 14.7. The number of imide groups is 1. The first kappa shape index (κ1) is 33.6. The maximum Gasteiger partial charge on any atom is 0.338 e. The molecule has 4 amide bonds. The minimum Gasteiger partial charge on any atom is -0.464 e. The molecule has 246 valence electrons. The number of aromatic amines is 2. The number of para-hydroxylation sites is 1. The summed E-state index contributed by atoms with van der Waals surface area (Å²) in [6.45, 7) is 1.89. The zero-order valence-electron chi connectivity index (χ0n) is 25.2. The summed E-state index contributed by atoms with van der Waals surface area (Å²) in [5.74, 6) is -3.88. The molecule has 0 saturated carbocycles. The van der Waals surface area contributed by atoms with Crippen molar-refractivity contribution in [3.05, 3.63) is 54.2 Å². The van der Waals surface area contributed by atoms with Crippen LogP contribution >= 0.6 is 0 Å². The Morgan fingerprint density at radius 1 is 1.02 bits per heavy atom. The van der Waals surface area contributed by atoms with E-state index in [0.717, 1.165) is 16.5 Å². The molecule has 0 unspecified atom stereocenters. The van der Waals surface area contributed by atoms with Gasteiger partial charge in [0.05, 0.1) is 19.0 Å². The van der Waals surface area contributed by atoms with Crippen LogP contribution in [0.2, 0.25) is 0 Å². The summed E-state index contributed by atoms with van der Waals surface area (Å²) in [6.07, 6.45) is 2.82. The van der Waals surface area contributed by atoms with Gasteiger partial charge in [0, 0.05) is 42.0 Å². The Labute approximate surface area is 263 Å². The zero-order valence-corrected chi connectivity index (χ0v) is 25.2. The lowest BCUT2D eigenvalue weighted by molar-refractivity contribution is -0.144. The predicted molar refractivity (Wildman–Crippen MR) is 164 cm³/mol. The fourth-order valence-electron chi connectivity index (χ4n) is 4.77. The lowest BCUT2D eigenvalue weighted by atomic mass is 10.0. The van der Waals surface area contributed by atoms with Crippen molar-refractivity contribution in [3.63, 3.8) is 0 Å². The third kappa shape index (κ3) is 9.12. The Morgan fingerprint density at radius 3 is 2.50 bits per heavy atom. The van der Waals surface area contributed by atoms with Crippen LogP contribution in [0.3, 0.4) is 0 Å². The second-order valence-electron chi connectivity index (χ2n) is 10.6. The number of H-pyrrole nitrogens is 2. The van der Waals surface area contributed by atoms with Gasteiger partial charge in [-0.15, -0.1) is 0 Å². The fourth-order valence-corrected chi connectivity index (χ4v) is 4.77. The number of nitrogens with one attached hydrogen (secondary N) is 5. The number of aromatic nitrogens is 3. The number of ether oxygens (including phenoxy) is 2. The molecule has 11 N–H and O–H groups in total. The van der Waals surface area contributed by atoms with E-state index in [1.54, 1.807) is 13.1 Å². The molecule has 1 aliphatic heterocycles. The zero-order chi connectivity index (χ0) is 33.2. The Bertz CT molecular complexity index is 1570. The minimum absolute atomic E-state index is 0.0770. The van der Waals surface area contributed by atoms with Crippen molar-refractivity contribution in [2.24, 2.45) is 22.2 Å². The Balaban J connectivity index is 1.44. The molecule has 1 fully saturated rings. The van der Waals surface area contributed by atoms with E-state index >= 15 is 0 Å². The van der Waals surface area contributed by atoms with E-state index in [9.17, 15) is 24.0 Å². The van der Waals surface area contributed by atoms with Gasteiger partial charge < -0.3 is 47.3 Å². The van der Waals surface area contributed by atoms with Crippen molar-refractivity contribution in [1.29, 1.82) is 0 Å². The van der Waals surface area contributed by atoms with E-state index in [4.69, 9.17) is 26.7 Å². The molecule has 5 atom stereocenters. The Hall–Kier alpha value is -5.29. The van der Waals surface area contributed by atoms with Crippen LogP contribution in [-0.4, -0.2) is 94.0 Å². The molecule has 0 spiro atoms. The SMILES string of the molecule is CCOC(=O)[C@@H]1O[C@H]1C(=O)NC(=O)[C@H](Cc1cnc[nH]1)NC(=O)[C@H](CCCN=C(N)N)NC(=O)[C@@H](N)Cc1c[nH]c2ccccc12. The van der Waals surface area contributed by atoms with Gasteiger partial charge in [-0.25, -0.2) is 9.78 Å². The monoisotopic (exact) mass is 638 g/mol. The normalized spacial score (nSPS) is 17.3. The Morgan fingerprint density at radius 2 is 1.78 bits per heavy atom. The van der Waals surface area contributed by atoms with E-state index in [0.29, 0.717) is 12.1 Å². The van der Waals surface area contributed by atoms with Crippen LogP contribution in [0.4, 0.5) is 0 Å². The largest absolute Gasteiger partial charge is 0.464 e. The van der Waals surface area contributed by atoms with Crippen LogP contribution in [-0.2, 0) is 46.3 Å². The molecule has 2 aromatic heterocycles. The highest BCUT2D eigenvalue weighted by Crippen LogP contribution is 2.23. The van der Waals surface area contributed by atoms with Crippen LogP contribution in [0, 0.1) is 0 Å². The average Bonchev–Trinajstić information content (AvgIpc) is 3.49. The summed E-state index contributed by atoms with van der Waals surface area (Å²) >= 11 is 0. The summed E-state index contributed by atoms with van der Waals surface area (Å²) in [5.41, 5.74) is 19.3. The second-order valence-corrected chi connectivity index (χ2v) is 10.6. The lowest BCUT2D eigenvalue weighted by Crippen LogP contribution is -2.57. The van der Waals surface area contributed by atoms with Gasteiger partial charge >= 0.3 is 5.97 Å². The van der Waals surface area contributed by atoms with Gasteiger partial charge in [-0.2, -0.15) is 0 Å². The molecule has 17 nitrogen and oxygen atoms in total. The number of rotatable bonds is 16. The van der Waals surface area contributed by atoms with Crippen LogP contribution in [0.5, 0.6) is 0 Å². The second kappa shape index (κ2) is 15.6. The molecule has 1 aliphatic rings. The van der Waals surface area contributed by atoms with Gasteiger partial charge in [-0.3, -0.25) is 29.5 Å². The number of hydrogen-bond acceptors (Lipinski definition) is 10. The number of guanidine groups is 1. The van der Waals surface area contributed by atoms with Crippen LogP contribution in [0.25, 0.3) is 10.9 Å². The van der Waals surface area contributed by atoms with Gasteiger partial charge in [0.15, 0.2) is 18.2 Å². The highest BCUT2D eigenvalue weighted by atomic mass is 16.6. The summed E-state index contributed by atoms with van der Waals surface area (Å²) in [4.78, 5) is 78.3. The quantitative estimate of drug-likeness (QED) is 0.0279. The van der Waals surface area contributed by atoms with E-state index in [1.807, 2.05) is 24.3 Å². The van der Waals surface area contributed by atoms with Crippen molar-refractivity contribution in [3.8, 4) is 0 Å². The van der Waals surface area contributed by atoms with Gasteiger partial charge in [0.2, 0.25) is 17.7 Å². The van der Waals surface area contributed by atoms with E-state index < -0.39 is 59.9 Å².